The highest BCUT2D eigenvalue weighted by Crippen LogP contribution is 2.32. The highest BCUT2D eigenvalue weighted by Gasteiger charge is 2.45. The summed E-state index contributed by atoms with van der Waals surface area (Å²) in [5.74, 6) is -1.96. The largest absolute Gasteiger partial charge is 0.367 e. The molecule has 0 saturated carbocycles. The van der Waals surface area contributed by atoms with Crippen molar-refractivity contribution in [3.8, 4) is 0 Å². The summed E-state index contributed by atoms with van der Waals surface area (Å²) in [5, 5.41) is 2.19. The topological polar surface area (TPSA) is 113 Å². The fourth-order valence-electron chi connectivity index (χ4n) is 4.07. The van der Waals surface area contributed by atoms with E-state index in [1.807, 2.05) is 6.07 Å². The van der Waals surface area contributed by atoms with Gasteiger partial charge in [0.15, 0.2) is 0 Å². The van der Waals surface area contributed by atoms with Crippen molar-refractivity contribution in [1.82, 2.24) is 10.2 Å². The Morgan fingerprint density at radius 1 is 1.12 bits per heavy atom. The number of nitrogens with zero attached hydrogens (tertiary/aromatic N) is 2. The number of amides is 4. The Bertz CT molecular complexity index is 836. The molecular weight excluding hydrogens is 336 g/mol. The van der Waals surface area contributed by atoms with Crippen molar-refractivity contribution < 1.29 is 19.2 Å². The van der Waals surface area contributed by atoms with Crippen LogP contribution in [0.15, 0.2) is 18.2 Å². The molecule has 4 rings (SSSR count). The molecule has 1 aromatic carbocycles. The van der Waals surface area contributed by atoms with Gasteiger partial charge in [-0.2, -0.15) is 0 Å². The van der Waals surface area contributed by atoms with Crippen molar-refractivity contribution in [3.63, 3.8) is 0 Å². The Morgan fingerprint density at radius 2 is 1.85 bits per heavy atom. The molecule has 3 unspecified atom stereocenters. The van der Waals surface area contributed by atoms with Crippen LogP contribution in [-0.4, -0.2) is 53.2 Å². The molecule has 0 radical (unpaired) electrons. The van der Waals surface area contributed by atoms with Crippen molar-refractivity contribution in [1.29, 1.82) is 0 Å². The summed E-state index contributed by atoms with van der Waals surface area (Å²) >= 11 is 0. The van der Waals surface area contributed by atoms with Crippen LogP contribution in [0.3, 0.4) is 0 Å². The van der Waals surface area contributed by atoms with Crippen LogP contribution in [0.1, 0.15) is 46.9 Å². The lowest BCUT2D eigenvalue weighted by molar-refractivity contribution is -0.136. The van der Waals surface area contributed by atoms with Gasteiger partial charge in [-0.25, -0.2) is 0 Å². The van der Waals surface area contributed by atoms with Crippen molar-refractivity contribution in [2.45, 2.75) is 44.3 Å². The van der Waals surface area contributed by atoms with Gasteiger partial charge < -0.3 is 10.6 Å². The molecule has 0 bridgehead atoms. The maximum Gasteiger partial charge on any atom is 0.262 e. The predicted octanol–water partition coefficient (Wildman–Crippen LogP) is 0.0137. The summed E-state index contributed by atoms with van der Waals surface area (Å²) < 4.78 is 0. The number of hydrogen-bond acceptors (Lipinski definition) is 6. The van der Waals surface area contributed by atoms with E-state index in [0.29, 0.717) is 17.7 Å². The van der Waals surface area contributed by atoms with E-state index in [4.69, 9.17) is 5.73 Å². The number of benzene rings is 1. The minimum Gasteiger partial charge on any atom is -0.367 e. The van der Waals surface area contributed by atoms with Gasteiger partial charge in [0.2, 0.25) is 11.8 Å². The number of carbonyl (C=O) groups excluding carboxylic acids is 4. The molecule has 8 nitrogen and oxygen atoms in total. The van der Waals surface area contributed by atoms with E-state index < -0.39 is 23.8 Å². The maximum absolute atomic E-state index is 12.8. The third kappa shape index (κ3) is 2.48. The lowest BCUT2D eigenvalue weighted by Crippen LogP contribution is -2.54. The lowest BCUT2D eigenvalue weighted by Gasteiger charge is -2.27. The first-order valence-electron chi connectivity index (χ1n) is 8.74. The van der Waals surface area contributed by atoms with Gasteiger partial charge in [0, 0.05) is 30.7 Å². The Balaban J connectivity index is 1.64. The summed E-state index contributed by atoms with van der Waals surface area (Å²) in [7, 11) is 0. The second-order valence-corrected chi connectivity index (χ2v) is 7.17. The fourth-order valence-corrected chi connectivity index (χ4v) is 4.07. The highest BCUT2D eigenvalue weighted by molar-refractivity contribution is 6.23. The smallest absolute Gasteiger partial charge is 0.262 e. The zero-order valence-corrected chi connectivity index (χ0v) is 14.4. The lowest BCUT2D eigenvalue weighted by atomic mass is 10.0. The molecule has 136 valence electrons. The molecule has 3 heterocycles. The van der Waals surface area contributed by atoms with Gasteiger partial charge in [0.25, 0.3) is 11.8 Å². The summed E-state index contributed by atoms with van der Waals surface area (Å²) in [4.78, 5) is 52.1. The number of rotatable bonds is 2. The van der Waals surface area contributed by atoms with E-state index in [0.717, 1.165) is 17.0 Å². The summed E-state index contributed by atoms with van der Waals surface area (Å²) in [6.45, 7) is 2.77. The molecule has 4 amide bonds. The van der Waals surface area contributed by atoms with Gasteiger partial charge in [0.05, 0.1) is 11.1 Å². The number of nitrogens with two attached hydrogens (primary N) is 1. The third-order valence-electron chi connectivity index (χ3n) is 5.36. The summed E-state index contributed by atoms with van der Waals surface area (Å²) in [5.41, 5.74) is 7.45. The van der Waals surface area contributed by atoms with Crippen molar-refractivity contribution in [2.24, 2.45) is 5.73 Å². The van der Waals surface area contributed by atoms with E-state index in [1.54, 1.807) is 12.1 Å². The molecule has 3 N–H and O–H groups in total. The summed E-state index contributed by atoms with van der Waals surface area (Å²) in [6.07, 6.45) is 1.13. The third-order valence-corrected chi connectivity index (χ3v) is 5.36. The van der Waals surface area contributed by atoms with Crippen LogP contribution < -0.4 is 16.0 Å². The minimum absolute atomic E-state index is 0.0792. The van der Waals surface area contributed by atoms with Crippen LogP contribution in [-0.2, 0) is 9.59 Å². The second kappa shape index (κ2) is 5.91. The molecule has 3 aliphatic heterocycles. The van der Waals surface area contributed by atoms with Gasteiger partial charge >= 0.3 is 0 Å². The first-order chi connectivity index (χ1) is 12.4. The van der Waals surface area contributed by atoms with Crippen LogP contribution >= 0.6 is 0 Å². The average molecular weight is 356 g/mol. The minimum atomic E-state index is -0.942. The van der Waals surface area contributed by atoms with E-state index in [-0.39, 0.29) is 30.8 Å². The van der Waals surface area contributed by atoms with Gasteiger partial charge in [-0.1, -0.05) is 0 Å². The molecule has 0 aliphatic carbocycles. The Kier molecular flexibility index (Phi) is 3.80. The Labute approximate surface area is 150 Å². The molecule has 3 aliphatic rings. The first-order valence-corrected chi connectivity index (χ1v) is 8.74. The molecule has 26 heavy (non-hydrogen) atoms. The van der Waals surface area contributed by atoms with Gasteiger partial charge in [0.1, 0.15) is 6.04 Å². The standard InChI is InChI=1S/C18H20N4O4/c1-9-6-10(19)8-21(9)11-2-3-12-13(7-11)18(26)22(17(12)25)14-4-5-15(23)20-16(14)24/h2-3,7,9-10,14H,4-6,8,19H2,1H3,(H,20,23,24). The molecule has 8 heteroatoms. The monoisotopic (exact) mass is 356 g/mol. The zero-order valence-electron chi connectivity index (χ0n) is 14.4. The van der Waals surface area contributed by atoms with Gasteiger partial charge in [-0.05, 0) is 38.0 Å². The quantitative estimate of drug-likeness (QED) is 0.722. The summed E-state index contributed by atoms with van der Waals surface area (Å²) in [6, 6.07) is 4.54. The maximum atomic E-state index is 12.8. The Morgan fingerprint density at radius 3 is 2.50 bits per heavy atom. The molecular formula is C18H20N4O4. The number of piperidine rings is 1. The highest BCUT2D eigenvalue weighted by atomic mass is 16.2. The van der Waals surface area contributed by atoms with Crippen LogP contribution in [0.25, 0.3) is 0 Å². The van der Waals surface area contributed by atoms with Crippen LogP contribution in [0, 0.1) is 0 Å². The molecule has 2 saturated heterocycles. The van der Waals surface area contributed by atoms with Crippen LogP contribution in [0.4, 0.5) is 5.69 Å². The molecule has 2 fully saturated rings. The normalized spacial score (nSPS) is 28.6. The van der Waals surface area contributed by atoms with Gasteiger partial charge in [-0.15, -0.1) is 0 Å². The SMILES string of the molecule is CC1CC(N)CN1c1ccc2c(c1)C(=O)N(C1CCC(=O)NC1=O)C2=O. The number of anilines is 1. The number of imide groups is 2. The number of nitrogens with one attached hydrogen (secondary N) is 1. The number of carbonyl (C=O) groups is 4. The number of fused-ring (bicyclic) bond motifs is 1. The molecule has 0 aromatic heterocycles. The number of hydrogen-bond donors (Lipinski definition) is 2. The van der Waals surface area contributed by atoms with Crippen molar-refractivity contribution >= 4 is 29.3 Å². The van der Waals surface area contributed by atoms with E-state index >= 15 is 0 Å². The van der Waals surface area contributed by atoms with Crippen LogP contribution in [0.2, 0.25) is 0 Å². The molecule has 3 atom stereocenters. The van der Waals surface area contributed by atoms with E-state index in [1.165, 1.54) is 0 Å². The van der Waals surface area contributed by atoms with Crippen molar-refractivity contribution in [3.05, 3.63) is 29.3 Å². The molecule has 1 aromatic rings. The van der Waals surface area contributed by atoms with E-state index in [2.05, 4.69) is 17.1 Å². The predicted molar refractivity (Wildman–Crippen MR) is 92.5 cm³/mol. The zero-order chi connectivity index (χ0) is 18.6. The van der Waals surface area contributed by atoms with Crippen molar-refractivity contribution in [2.75, 3.05) is 11.4 Å². The fraction of sp³-hybridized carbons (Fsp3) is 0.444. The Hall–Kier alpha value is -2.74. The second-order valence-electron chi connectivity index (χ2n) is 7.17. The van der Waals surface area contributed by atoms with E-state index in [9.17, 15) is 19.2 Å². The first kappa shape index (κ1) is 16.7. The average Bonchev–Trinajstić information content (AvgIpc) is 3.05. The van der Waals surface area contributed by atoms with Gasteiger partial charge in [-0.3, -0.25) is 29.4 Å². The van der Waals surface area contributed by atoms with Crippen LogP contribution in [0.5, 0.6) is 0 Å². The molecule has 0 spiro atoms.